The Balaban J connectivity index is 1.97. The average molecular weight is 312 g/mol. The number of para-hydroxylation sites is 2. The SMILES string of the molecule is COc1ccccc1C(C)NC(=O)CNc1c(C)cccc1C. The number of benzene rings is 2. The number of rotatable bonds is 6. The highest BCUT2D eigenvalue weighted by Crippen LogP contribution is 2.24. The van der Waals surface area contributed by atoms with Crippen LogP contribution in [-0.2, 0) is 4.79 Å². The highest BCUT2D eigenvalue weighted by molar-refractivity contribution is 5.81. The molecule has 0 aromatic heterocycles. The van der Waals surface area contributed by atoms with Crippen molar-refractivity contribution < 1.29 is 9.53 Å². The van der Waals surface area contributed by atoms with Gasteiger partial charge in [-0.2, -0.15) is 0 Å². The molecule has 1 amide bonds. The molecule has 1 atom stereocenters. The Morgan fingerprint density at radius 1 is 1.09 bits per heavy atom. The van der Waals surface area contributed by atoms with Crippen LogP contribution in [0.2, 0.25) is 0 Å². The van der Waals surface area contributed by atoms with Gasteiger partial charge in [-0.15, -0.1) is 0 Å². The minimum Gasteiger partial charge on any atom is -0.496 e. The fourth-order valence-electron chi connectivity index (χ4n) is 2.66. The number of anilines is 1. The van der Waals surface area contributed by atoms with Gasteiger partial charge in [0.25, 0.3) is 0 Å². The maximum atomic E-state index is 12.2. The van der Waals surface area contributed by atoms with Gasteiger partial charge in [-0.1, -0.05) is 36.4 Å². The first kappa shape index (κ1) is 16.9. The predicted molar refractivity (Wildman–Crippen MR) is 94.0 cm³/mol. The van der Waals surface area contributed by atoms with Gasteiger partial charge in [-0.3, -0.25) is 4.79 Å². The van der Waals surface area contributed by atoms with E-state index in [4.69, 9.17) is 4.74 Å². The molecular weight excluding hydrogens is 288 g/mol. The van der Waals surface area contributed by atoms with Crippen LogP contribution in [0.15, 0.2) is 42.5 Å². The molecule has 2 N–H and O–H groups in total. The summed E-state index contributed by atoms with van der Waals surface area (Å²) in [4.78, 5) is 12.2. The van der Waals surface area contributed by atoms with Crippen molar-refractivity contribution in [2.24, 2.45) is 0 Å². The number of methoxy groups -OCH3 is 1. The quantitative estimate of drug-likeness (QED) is 0.857. The van der Waals surface area contributed by atoms with Gasteiger partial charge < -0.3 is 15.4 Å². The molecule has 122 valence electrons. The molecular formula is C19H24N2O2. The molecule has 23 heavy (non-hydrogen) atoms. The van der Waals surface area contributed by atoms with Gasteiger partial charge in [0.15, 0.2) is 0 Å². The molecule has 0 aliphatic rings. The van der Waals surface area contributed by atoms with Crippen LogP contribution >= 0.6 is 0 Å². The summed E-state index contributed by atoms with van der Waals surface area (Å²) in [6.45, 7) is 6.26. The molecule has 2 aromatic carbocycles. The van der Waals surface area contributed by atoms with Crippen LogP contribution in [0, 0.1) is 13.8 Å². The maximum absolute atomic E-state index is 12.2. The first-order valence-electron chi connectivity index (χ1n) is 7.75. The molecule has 0 aliphatic heterocycles. The molecule has 0 bridgehead atoms. The summed E-state index contributed by atoms with van der Waals surface area (Å²) in [5, 5.41) is 6.22. The number of aryl methyl sites for hydroxylation is 2. The second-order valence-electron chi connectivity index (χ2n) is 5.65. The number of ether oxygens (including phenoxy) is 1. The second-order valence-corrected chi connectivity index (χ2v) is 5.65. The normalized spacial score (nSPS) is 11.7. The minimum absolute atomic E-state index is 0.0499. The van der Waals surface area contributed by atoms with Crippen LogP contribution < -0.4 is 15.4 Å². The monoisotopic (exact) mass is 312 g/mol. The predicted octanol–water partition coefficient (Wildman–Crippen LogP) is 3.60. The Hall–Kier alpha value is -2.49. The molecule has 2 rings (SSSR count). The van der Waals surface area contributed by atoms with Crippen molar-refractivity contribution in [2.45, 2.75) is 26.8 Å². The summed E-state index contributed by atoms with van der Waals surface area (Å²) in [5.41, 5.74) is 4.26. The molecule has 0 aliphatic carbocycles. The van der Waals surface area contributed by atoms with E-state index in [9.17, 15) is 4.79 Å². The number of hydrogen-bond acceptors (Lipinski definition) is 3. The van der Waals surface area contributed by atoms with Gasteiger partial charge in [-0.05, 0) is 38.0 Å². The van der Waals surface area contributed by atoms with E-state index in [1.165, 1.54) is 0 Å². The lowest BCUT2D eigenvalue weighted by Gasteiger charge is -2.18. The summed E-state index contributed by atoms with van der Waals surface area (Å²) in [6, 6.07) is 13.7. The van der Waals surface area contributed by atoms with E-state index >= 15 is 0 Å². The molecule has 0 saturated carbocycles. The Morgan fingerprint density at radius 2 is 1.74 bits per heavy atom. The lowest BCUT2D eigenvalue weighted by Crippen LogP contribution is -2.32. The van der Waals surface area contributed by atoms with Crippen molar-refractivity contribution >= 4 is 11.6 Å². The molecule has 0 heterocycles. The van der Waals surface area contributed by atoms with Crippen LogP contribution in [0.1, 0.15) is 29.7 Å². The van der Waals surface area contributed by atoms with E-state index in [1.54, 1.807) is 7.11 Å². The van der Waals surface area contributed by atoms with Crippen molar-refractivity contribution in [1.82, 2.24) is 5.32 Å². The molecule has 0 radical (unpaired) electrons. The number of carbonyl (C=O) groups is 1. The maximum Gasteiger partial charge on any atom is 0.239 e. The molecule has 2 aromatic rings. The lowest BCUT2D eigenvalue weighted by molar-refractivity contribution is -0.120. The minimum atomic E-state index is -0.113. The van der Waals surface area contributed by atoms with Crippen molar-refractivity contribution in [2.75, 3.05) is 19.0 Å². The molecule has 4 nitrogen and oxygen atoms in total. The zero-order valence-corrected chi connectivity index (χ0v) is 14.1. The Morgan fingerprint density at radius 3 is 2.39 bits per heavy atom. The van der Waals surface area contributed by atoms with E-state index < -0.39 is 0 Å². The largest absolute Gasteiger partial charge is 0.496 e. The number of carbonyl (C=O) groups excluding carboxylic acids is 1. The van der Waals surface area contributed by atoms with E-state index in [0.717, 1.165) is 28.1 Å². The lowest BCUT2D eigenvalue weighted by atomic mass is 10.1. The van der Waals surface area contributed by atoms with Gasteiger partial charge in [-0.25, -0.2) is 0 Å². The Labute approximate surface area is 137 Å². The van der Waals surface area contributed by atoms with Crippen LogP contribution in [0.4, 0.5) is 5.69 Å². The number of amides is 1. The molecule has 0 spiro atoms. The topological polar surface area (TPSA) is 50.4 Å². The average Bonchev–Trinajstić information content (AvgIpc) is 2.54. The zero-order chi connectivity index (χ0) is 16.8. The van der Waals surface area contributed by atoms with Crippen LogP contribution in [0.3, 0.4) is 0 Å². The first-order valence-corrected chi connectivity index (χ1v) is 7.75. The summed E-state index contributed by atoms with van der Waals surface area (Å²) >= 11 is 0. The van der Waals surface area contributed by atoms with Crippen molar-refractivity contribution in [1.29, 1.82) is 0 Å². The van der Waals surface area contributed by atoms with Gasteiger partial charge in [0, 0.05) is 11.3 Å². The molecule has 0 fully saturated rings. The third kappa shape index (κ3) is 4.25. The van der Waals surface area contributed by atoms with Crippen LogP contribution in [0.25, 0.3) is 0 Å². The molecule has 0 saturated heterocycles. The number of nitrogens with one attached hydrogen (secondary N) is 2. The summed E-state index contributed by atoms with van der Waals surface area (Å²) in [7, 11) is 1.63. The summed E-state index contributed by atoms with van der Waals surface area (Å²) < 4.78 is 5.34. The fraction of sp³-hybridized carbons (Fsp3) is 0.316. The zero-order valence-electron chi connectivity index (χ0n) is 14.1. The standard InChI is InChI=1S/C19H24N2O2/c1-13-8-7-9-14(2)19(13)20-12-18(22)21-15(3)16-10-5-6-11-17(16)23-4/h5-11,15,20H,12H2,1-4H3,(H,21,22). The van der Waals surface area contributed by atoms with Crippen LogP contribution in [-0.4, -0.2) is 19.6 Å². The third-order valence-corrected chi connectivity index (χ3v) is 3.89. The smallest absolute Gasteiger partial charge is 0.239 e. The van der Waals surface area contributed by atoms with Crippen molar-refractivity contribution in [3.8, 4) is 5.75 Å². The van der Waals surface area contributed by atoms with Gasteiger partial charge >= 0.3 is 0 Å². The first-order chi connectivity index (χ1) is 11.0. The van der Waals surface area contributed by atoms with E-state index in [2.05, 4.69) is 10.6 Å². The second kappa shape index (κ2) is 7.68. The Kier molecular flexibility index (Phi) is 5.63. The number of hydrogen-bond donors (Lipinski definition) is 2. The Bertz CT molecular complexity index is 663. The van der Waals surface area contributed by atoms with E-state index in [-0.39, 0.29) is 18.5 Å². The van der Waals surface area contributed by atoms with Crippen LogP contribution in [0.5, 0.6) is 5.75 Å². The highest BCUT2D eigenvalue weighted by atomic mass is 16.5. The van der Waals surface area contributed by atoms with Crippen molar-refractivity contribution in [3.05, 3.63) is 59.2 Å². The van der Waals surface area contributed by atoms with E-state index in [0.29, 0.717) is 0 Å². The molecule has 4 heteroatoms. The molecule has 1 unspecified atom stereocenters. The summed E-state index contributed by atoms with van der Waals surface area (Å²) in [6.07, 6.45) is 0. The fourth-order valence-corrected chi connectivity index (χ4v) is 2.66. The third-order valence-electron chi connectivity index (χ3n) is 3.89. The van der Waals surface area contributed by atoms with Crippen molar-refractivity contribution in [3.63, 3.8) is 0 Å². The highest BCUT2D eigenvalue weighted by Gasteiger charge is 2.13. The van der Waals surface area contributed by atoms with Gasteiger partial charge in [0.05, 0.1) is 19.7 Å². The van der Waals surface area contributed by atoms with Gasteiger partial charge in [0.2, 0.25) is 5.91 Å². The van der Waals surface area contributed by atoms with E-state index in [1.807, 2.05) is 63.2 Å². The summed E-state index contributed by atoms with van der Waals surface area (Å²) in [5.74, 6) is 0.731. The van der Waals surface area contributed by atoms with Gasteiger partial charge in [0.1, 0.15) is 5.75 Å².